The maximum absolute atomic E-state index is 12.7. The summed E-state index contributed by atoms with van der Waals surface area (Å²) >= 11 is 6.04. The van der Waals surface area contributed by atoms with Crippen LogP contribution in [0.1, 0.15) is 15.9 Å². The molecule has 1 amide bonds. The van der Waals surface area contributed by atoms with Crippen LogP contribution in [0.25, 0.3) is 0 Å². The number of carbonyl (C=O) groups excluding carboxylic acids is 1. The van der Waals surface area contributed by atoms with Crippen molar-refractivity contribution >= 4 is 27.5 Å². The van der Waals surface area contributed by atoms with Crippen molar-refractivity contribution in [2.24, 2.45) is 0 Å². The van der Waals surface area contributed by atoms with Crippen molar-refractivity contribution in [1.82, 2.24) is 14.2 Å². The molecule has 24 heavy (non-hydrogen) atoms. The lowest BCUT2D eigenvalue weighted by molar-refractivity contribution is 0.0698. The molecule has 2 aromatic rings. The predicted molar refractivity (Wildman–Crippen MR) is 91.6 cm³/mol. The number of carbonyl (C=O) groups is 1. The highest BCUT2D eigenvalue weighted by atomic mass is 35.5. The van der Waals surface area contributed by atoms with Crippen LogP contribution in [0.5, 0.6) is 0 Å². The van der Waals surface area contributed by atoms with Gasteiger partial charge < -0.3 is 9.88 Å². The number of sulfonamides is 1. The number of rotatable bonds is 3. The first-order valence-corrected chi connectivity index (χ1v) is 9.40. The van der Waals surface area contributed by atoms with Crippen molar-refractivity contribution < 1.29 is 13.2 Å². The number of nitrogens with zero attached hydrogens (tertiary/aromatic N) is 2. The number of amides is 1. The van der Waals surface area contributed by atoms with Crippen LogP contribution in [0.2, 0.25) is 5.02 Å². The number of hydrogen-bond donors (Lipinski definition) is 1. The van der Waals surface area contributed by atoms with Crippen LogP contribution in [0.4, 0.5) is 0 Å². The molecule has 1 saturated heterocycles. The fraction of sp³-hybridized carbons (Fsp3) is 0.312. The first kappa shape index (κ1) is 17.0. The average molecular weight is 368 g/mol. The molecule has 128 valence electrons. The molecule has 0 spiro atoms. The number of aromatic amines is 1. The van der Waals surface area contributed by atoms with Crippen LogP contribution in [0, 0.1) is 6.92 Å². The molecule has 0 unspecified atom stereocenters. The normalized spacial score (nSPS) is 16.3. The Morgan fingerprint density at radius 3 is 2.46 bits per heavy atom. The minimum absolute atomic E-state index is 0.0910. The van der Waals surface area contributed by atoms with Gasteiger partial charge in [-0.2, -0.15) is 4.31 Å². The summed E-state index contributed by atoms with van der Waals surface area (Å²) < 4.78 is 26.8. The fourth-order valence-corrected chi connectivity index (χ4v) is 4.35. The number of nitrogens with one attached hydrogen (secondary N) is 1. The van der Waals surface area contributed by atoms with Gasteiger partial charge in [0.2, 0.25) is 10.0 Å². The molecule has 1 aromatic heterocycles. The summed E-state index contributed by atoms with van der Waals surface area (Å²) in [4.78, 5) is 17.0. The van der Waals surface area contributed by atoms with Crippen molar-refractivity contribution in [2.45, 2.75) is 11.8 Å². The van der Waals surface area contributed by atoms with Gasteiger partial charge in [0, 0.05) is 43.6 Å². The molecule has 8 heteroatoms. The highest BCUT2D eigenvalue weighted by molar-refractivity contribution is 7.89. The summed E-state index contributed by atoms with van der Waals surface area (Å²) in [7, 11) is -3.60. The third-order valence-electron chi connectivity index (χ3n) is 4.15. The van der Waals surface area contributed by atoms with Crippen LogP contribution in [0.15, 0.2) is 41.6 Å². The maximum Gasteiger partial charge on any atom is 0.255 e. The quantitative estimate of drug-likeness (QED) is 0.903. The summed E-state index contributed by atoms with van der Waals surface area (Å²) in [6.07, 6.45) is 3.33. The van der Waals surface area contributed by atoms with Gasteiger partial charge in [-0.3, -0.25) is 4.79 Å². The van der Waals surface area contributed by atoms with Crippen molar-refractivity contribution in [2.75, 3.05) is 26.2 Å². The molecule has 1 fully saturated rings. The predicted octanol–water partition coefficient (Wildman–Crippen LogP) is 2.12. The molecule has 0 atom stereocenters. The van der Waals surface area contributed by atoms with E-state index in [0.717, 1.165) is 5.56 Å². The second-order valence-corrected chi connectivity index (χ2v) is 8.05. The largest absolute Gasteiger partial charge is 0.367 e. The second kappa shape index (κ2) is 6.58. The van der Waals surface area contributed by atoms with E-state index in [-0.39, 0.29) is 23.9 Å². The van der Waals surface area contributed by atoms with Crippen molar-refractivity contribution in [3.8, 4) is 0 Å². The van der Waals surface area contributed by atoms with Gasteiger partial charge in [0.1, 0.15) is 0 Å². The summed E-state index contributed by atoms with van der Waals surface area (Å²) in [5.41, 5.74) is 1.41. The molecular weight excluding hydrogens is 350 g/mol. The smallest absolute Gasteiger partial charge is 0.255 e. The summed E-state index contributed by atoms with van der Waals surface area (Å²) in [5.74, 6) is -0.0910. The van der Waals surface area contributed by atoms with E-state index in [1.54, 1.807) is 35.5 Å². The zero-order valence-corrected chi connectivity index (χ0v) is 14.8. The molecule has 2 heterocycles. The molecule has 6 nitrogen and oxygen atoms in total. The Kier molecular flexibility index (Phi) is 4.67. The van der Waals surface area contributed by atoms with Gasteiger partial charge in [-0.1, -0.05) is 17.7 Å². The van der Waals surface area contributed by atoms with Crippen LogP contribution in [-0.4, -0.2) is 54.7 Å². The highest BCUT2D eigenvalue weighted by Gasteiger charge is 2.30. The van der Waals surface area contributed by atoms with Crippen LogP contribution >= 0.6 is 11.6 Å². The van der Waals surface area contributed by atoms with Gasteiger partial charge in [0.25, 0.3) is 5.91 Å². The van der Waals surface area contributed by atoms with E-state index in [0.29, 0.717) is 23.7 Å². The van der Waals surface area contributed by atoms with Gasteiger partial charge >= 0.3 is 0 Å². The first-order valence-electron chi connectivity index (χ1n) is 7.58. The van der Waals surface area contributed by atoms with Crippen molar-refractivity contribution in [3.63, 3.8) is 0 Å². The molecule has 1 aromatic carbocycles. The molecule has 1 N–H and O–H groups in total. The van der Waals surface area contributed by atoms with E-state index in [2.05, 4.69) is 4.98 Å². The Hall–Kier alpha value is -1.83. The van der Waals surface area contributed by atoms with Gasteiger partial charge in [-0.05, 0) is 30.7 Å². The molecular formula is C16H18ClN3O3S. The molecule has 1 aliphatic rings. The Labute approximate surface area is 146 Å². The fourth-order valence-electron chi connectivity index (χ4n) is 2.65. The Balaban J connectivity index is 1.71. The van der Waals surface area contributed by atoms with E-state index in [4.69, 9.17) is 11.6 Å². The summed E-state index contributed by atoms with van der Waals surface area (Å²) in [5, 5.41) is 0.428. The summed E-state index contributed by atoms with van der Waals surface area (Å²) in [6, 6.07) is 6.44. The third kappa shape index (κ3) is 3.19. The zero-order chi connectivity index (χ0) is 17.3. The number of aromatic nitrogens is 1. The Morgan fingerprint density at radius 2 is 1.88 bits per heavy atom. The first-order chi connectivity index (χ1) is 11.4. The standard InChI is InChI=1S/C16H18ClN3O3S/c1-12-2-3-14(10-15(12)17)24(22,23)20-8-6-19(7-9-20)16(21)13-4-5-18-11-13/h2-5,10-11,18H,6-9H2,1H3. The van der Waals surface area contributed by atoms with Crippen LogP contribution in [0.3, 0.4) is 0 Å². The van der Waals surface area contributed by atoms with Gasteiger partial charge in [-0.15, -0.1) is 0 Å². The van der Waals surface area contributed by atoms with E-state index in [1.165, 1.54) is 10.4 Å². The summed E-state index contributed by atoms with van der Waals surface area (Å²) in [6.45, 7) is 3.09. The van der Waals surface area contributed by atoms with Crippen LogP contribution in [-0.2, 0) is 10.0 Å². The molecule has 0 saturated carbocycles. The van der Waals surface area contributed by atoms with Crippen LogP contribution < -0.4 is 0 Å². The molecule has 0 aliphatic carbocycles. The lowest BCUT2D eigenvalue weighted by atomic mass is 10.2. The van der Waals surface area contributed by atoms with Gasteiger partial charge in [0.05, 0.1) is 10.5 Å². The van der Waals surface area contributed by atoms with Gasteiger partial charge in [-0.25, -0.2) is 8.42 Å². The Morgan fingerprint density at radius 1 is 1.17 bits per heavy atom. The number of aryl methyl sites for hydroxylation is 1. The van der Waals surface area contributed by atoms with E-state index in [1.807, 2.05) is 6.92 Å². The number of hydrogen-bond acceptors (Lipinski definition) is 3. The van der Waals surface area contributed by atoms with Crippen molar-refractivity contribution in [1.29, 1.82) is 0 Å². The molecule has 0 bridgehead atoms. The molecule has 3 rings (SSSR count). The molecule has 1 aliphatic heterocycles. The zero-order valence-electron chi connectivity index (χ0n) is 13.2. The lowest BCUT2D eigenvalue weighted by Gasteiger charge is -2.34. The topological polar surface area (TPSA) is 73.5 Å². The second-order valence-electron chi connectivity index (χ2n) is 5.71. The highest BCUT2D eigenvalue weighted by Crippen LogP contribution is 2.23. The van der Waals surface area contributed by atoms with E-state index in [9.17, 15) is 13.2 Å². The number of benzene rings is 1. The van der Waals surface area contributed by atoms with Crippen molar-refractivity contribution in [3.05, 3.63) is 52.8 Å². The third-order valence-corrected chi connectivity index (χ3v) is 6.45. The van der Waals surface area contributed by atoms with E-state index < -0.39 is 10.0 Å². The Bertz CT molecular complexity index is 841. The number of H-pyrrole nitrogens is 1. The lowest BCUT2D eigenvalue weighted by Crippen LogP contribution is -2.50. The molecule has 0 radical (unpaired) electrons. The number of halogens is 1. The minimum Gasteiger partial charge on any atom is -0.367 e. The average Bonchev–Trinajstić information content (AvgIpc) is 3.11. The maximum atomic E-state index is 12.7. The number of piperazine rings is 1. The minimum atomic E-state index is -3.60. The van der Waals surface area contributed by atoms with Gasteiger partial charge in [0.15, 0.2) is 0 Å². The SMILES string of the molecule is Cc1ccc(S(=O)(=O)N2CCN(C(=O)c3cc[nH]c3)CC2)cc1Cl. The monoisotopic (exact) mass is 367 g/mol. The van der Waals surface area contributed by atoms with E-state index >= 15 is 0 Å².